The van der Waals surface area contributed by atoms with Crippen LogP contribution in [0.4, 0.5) is 5.82 Å². The number of hydrogen-bond acceptors (Lipinski definition) is 4. The minimum absolute atomic E-state index is 0.130. The van der Waals surface area contributed by atoms with Gasteiger partial charge in [-0.15, -0.1) is 0 Å². The number of halogens is 4. The third kappa shape index (κ3) is 5.67. The van der Waals surface area contributed by atoms with Crippen LogP contribution in [0.25, 0.3) is 0 Å². The number of hydrogen-bond donors (Lipinski definition) is 1. The first-order chi connectivity index (χ1) is 16.2. The standard InChI is InChI=1S/C23H19Cl4N5O2/c1-13-7-17(8-14(2)21(13)27)34-12-31-6-5-20(29-31)23(33)28-22-19(26)11-32(30-22)10-15-3-4-16(24)9-18(15)25/h3-9,11H,10,12H2,1-2H3,(H,28,30,33). The molecule has 0 fully saturated rings. The fraction of sp³-hybridized carbons (Fsp3) is 0.174. The van der Waals surface area contributed by atoms with Crippen LogP contribution in [0.3, 0.4) is 0 Å². The summed E-state index contributed by atoms with van der Waals surface area (Å²) in [5, 5.41) is 13.3. The topological polar surface area (TPSA) is 74.0 Å². The van der Waals surface area contributed by atoms with Crippen molar-refractivity contribution in [2.75, 3.05) is 5.32 Å². The third-order valence-electron chi connectivity index (χ3n) is 4.94. The molecule has 176 valence electrons. The molecule has 11 heteroatoms. The maximum Gasteiger partial charge on any atom is 0.277 e. The van der Waals surface area contributed by atoms with E-state index in [1.807, 2.05) is 26.0 Å². The van der Waals surface area contributed by atoms with Crippen molar-refractivity contribution in [2.45, 2.75) is 27.1 Å². The molecule has 7 nitrogen and oxygen atoms in total. The van der Waals surface area contributed by atoms with Gasteiger partial charge in [-0.05, 0) is 60.9 Å². The normalized spacial score (nSPS) is 11.0. The molecule has 0 aliphatic carbocycles. The fourth-order valence-corrected chi connectivity index (χ4v) is 4.02. The van der Waals surface area contributed by atoms with E-state index >= 15 is 0 Å². The summed E-state index contributed by atoms with van der Waals surface area (Å²) in [6.45, 7) is 4.32. The number of ether oxygens (including phenoxy) is 1. The molecule has 1 N–H and O–H groups in total. The Kier molecular flexibility index (Phi) is 7.38. The zero-order valence-electron chi connectivity index (χ0n) is 18.2. The molecular weight excluding hydrogens is 520 g/mol. The summed E-state index contributed by atoms with van der Waals surface area (Å²) in [7, 11) is 0. The van der Waals surface area contributed by atoms with Crippen LogP contribution in [-0.2, 0) is 13.3 Å². The Bertz CT molecular complexity index is 1340. The highest BCUT2D eigenvalue weighted by molar-refractivity contribution is 6.35. The molecule has 0 spiro atoms. The second kappa shape index (κ2) is 10.3. The first-order valence-corrected chi connectivity index (χ1v) is 11.6. The monoisotopic (exact) mass is 537 g/mol. The molecule has 2 heterocycles. The first-order valence-electron chi connectivity index (χ1n) is 10.1. The van der Waals surface area contributed by atoms with E-state index in [1.165, 1.54) is 4.68 Å². The first kappa shape index (κ1) is 24.4. The molecule has 2 aromatic heterocycles. The second-order valence-corrected chi connectivity index (χ2v) is 9.23. The van der Waals surface area contributed by atoms with Gasteiger partial charge in [0, 0.05) is 27.5 Å². The molecule has 0 saturated carbocycles. The smallest absolute Gasteiger partial charge is 0.277 e. The number of anilines is 1. The average molecular weight is 539 g/mol. The van der Waals surface area contributed by atoms with Gasteiger partial charge in [-0.1, -0.05) is 52.5 Å². The number of amides is 1. The molecule has 0 aliphatic heterocycles. The van der Waals surface area contributed by atoms with Crippen LogP contribution in [0.5, 0.6) is 5.75 Å². The Morgan fingerprint density at radius 3 is 2.41 bits per heavy atom. The number of carbonyl (C=O) groups excluding carboxylic acids is 1. The van der Waals surface area contributed by atoms with Gasteiger partial charge >= 0.3 is 0 Å². The minimum Gasteiger partial charge on any atom is -0.471 e. The number of carbonyl (C=O) groups is 1. The van der Waals surface area contributed by atoms with E-state index in [0.717, 1.165) is 16.7 Å². The molecule has 0 atom stereocenters. The summed E-state index contributed by atoms with van der Waals surface area (Å²) < 4.78 is 8.86. The SMILES string of the molecule is Cc1cc(OCn2ccc(C(=O)Nc3nn(Cc4ccc(Cl)cc4Cl)cc3Cl)n2)cc(C)c1Cl. The summed E-state index contributed by atoms with van der Waals surface area (Å²) in [5.41, 5.74) is 2.85. The van der Waals surface area contributed by atoms with Crippen molar-refractivity contribution in [3.8, 4) is 5.75 Å². The molecule has 1 amide bonds. The number of benzene rings is 2. The van der Waals surface area contributed by atoms with Gasteiger partial charge < -0.3 is 10.1 Å². The third-order valence-corrected chi connectivity index (χ3v) is 6.40. The number of aryl methyl sites for hydroxylation is 2. The van der Waals surface area contributed by atoms with Crippen LogP contribution in [0.15, 0.2) is 48.8 Å². The highest BCUT2D eigenvalue weighted by Gasteiger charge is 2.16. The van der Waals surface area contributed by atoms with E-state index in [1.54, 1.807) is 41.3 Å². The molecule has 0 unspecified atom stereocenters. The number of nitrogens with zero attached hydrogens (tertiary/aromatic N) is 4. The predicted molar refractivity (Wildman–Crippen MR) is 135 cm³/mol. The molecule has 2 aromatic carbocycles. The molecule has 0 aliphatic rings. The predicted octanol–water partition coefficient (Wildman–Crippen LogP) is 6.65. The largest absolute Gasteiger partial charge is 0.471 e. The number of aromatic nitrogens is 4. The lowest BCUT2D eigenvalue weighted by molar-refractivity contribution is 0.101. The minimum atomic E-state index is -0.450. The van der Waals surface area contributed by atoms with Gasteiger partial charge in [0.2, 0.25) is 0 Å². The quantitative estimate of drug-likeness (QED) is 0.286. The lowest BCUT2D eigenvalue weighted by Gasteiger charge is -2.10. The Hall–Kier alpha value is -2.71. The van der Waals surface area contributed by atoms with Crippen molar-refractivity contribution in [1.82, 2.24) is 19.6 Å². The van der Waals surface area contributed by atoms with E-state index < -0.39 is 5.91 Å². The molecule has 0 saturated heterocycles. The molecule has 34 heavy (non-hydrogen) atoms. The maximum atomic E-state index is 12.7. The molecule has 0 bridgehead atoms. The highest BCUT2D eigenvalue weighted by Crippen LogP contribution is 2.26. The van der Waals surface area contributed by atoms with Crippen LogP contribution in [0.2, 0.25) is 20.1 Å². The van der Waals surface area contributed by atoms with Crippen LogP contribution in [0.1, 0.15) is 27.2 Å². The fourth-order valence-electron chi connectivity index (χ4n) is 3.24. The summed E-state index contributed by atoms with van der Waals surface area (Å²) in [6.07, 6.45) is 3.25. The van der Waals surface area contributed by atoms with Gasteiger partial charge in [0.1, 0.15) is 10.8 Å². The number of nitrogens with one attached hydrogen (secondary N) is 1. The van der Waals surface area contributed by atoms with Gasteiger partial charge in [-0.2, -0.15) is 10.2 Å². The van der Waals surface area contributed by atoms with Crippen LogP contribution < -0.4 is 10.1 Å². The van der Waals surface area contributed by atoms with E-state index in [2.05, 4.69) is 15.5 Å². The van der Waals surface area contributed by atoms with Gasteiger partial charge in [0.25, 0.3) is 5.91 Å². The second-order valence-electron chi connectivity index (χ2n) is 7.60. The van der Waals surface area contributed by atoms with E-state index in [0.29, 0.717) is 27.4 Å². The van der Waals surface area contributed by atoms with Crippen LogP contribution in [-0.4, -0.2) is 25.5 Å². The lowest BCUT2D eigenvalue weighted by atomic mass is 10.1. The van der Waals surface area contributed by atoms with Gasteiger partial charge in [0.15, 0.2) is 18.2 Å². The summed E-state index contributed by atoms with van der Waals surface area (Å²) in [5.74, 6) is 0.433. The Morgan fingerprint density at radius 1 is 0.971 bits per heavy atom. The van der Waals surface area contributed by atoms with Gasteiger partial charge in [-0.3, -0.25) is 9.48 Å². The molecular formula is C23H19Cl4N5O2. The number of rotatable bonds is 7. The van der Waals surface area contributed by atoms with Crippen molar-refractivity contribution in [3.63, 3.8) is 0 Å². The maximum absolute atomic E-state index is 12.7. The molecule has 4 rings (SSSR count). The van der Waals surface area contributed by atoms with Crippen molar-refractivity contribution in [1.29, 1.82) is 0 Å². The highest BCUT2D eigenvalue weighted by atomic mass is 35.5. The average Bonchev–Trinajstić information content (AvgIpc) is 3.39. The van der Waals surface area contributed by atoms with Gasteiger partial charge in [0.05, 0.1) is 6.54 Å². The molecule has 0 radical (unpaired) electrons. The summed E-state index contributed by atoms with van der Waals surface area (Å²) in [4.78, 5) is 12.7. The van der Waals surface area contributed by atoms with E-state index in [9.17, 15) is 4.79 Å². The van der Waals surface area contributed by atoms with E-state index in [4.69, 9.17) is 51.1 Å². The summed E-state index contributed by atoms with van der Waals surface area (Å²) in [6, 6.07) is 10.5. The van der Waals surface area contributed by atoms with Crippen molar-refractivity contribution >= 4 is 58.1 Å². The Labute approximate surface area is 216 Å². The molecule has 4 aromatic rings. The van der Waals surface area contributed by atoms with Crippen LogP contribution in [0, 0.1) is 13.8 Å². The lowest BCUT2D eigenvalue weighted by Crippen LogP contribution is -2.15. The Morgan fingerprint density at radius 2 is 1.71 bits per heavy atom. The Balaban J connectivity index is 1.39. The van der Waals surface area contributed by atoms with Crippen molar-refractivity contribution in [2.24, 2.45) is 0 Å². The summed E-state index contributed by atoms with van der Waals surface area (Å²) >= 11 is 24.6. The van der Waals surface area contributed by atoms with Crippen LogP contribution >= 0.6 is 46.4 Å². The van der Waals surface area contributed by atoms with E-state index in [-0.39, 0.29) is 23.3 Å². The van der Waals surface area contributed by atoms with Crippen molar-refractivity contribution in [3.05, 3.63) is 91.3 Å². The van der Waals surface area contributed by atoms with Gasteiger partial charge in [-0.25, -0.2) is 4.68 Å². The van der Waals surface area contributed by atoms with Crippen molar-refractivity contribution < 1.29 is 9.53 Å². The zero-order valence-corrected chi connectivity index (χ0v) is 21.2. The zero-order chi connectivity index (χ0) is 24.4.